The predicted octanol–water partition coefficient (Wildman–Crippen LogP) is 2.57. The standard InChI is InChI=1S/C25H37N3O6/c29-22(28-34)17-20(13-7-12-18-8-3-1-4-9-18)24(32)27-21(16-19-10-5-2-6-11-19)25(33)26-15-14-23(30)31/h1,3-4,8-9,19-21,34H,2,5-7,10-17H2,(H,26,33)(H,27,32)(H,28,29)(H,30,31)/t20-,21+/m1/s1. The van der Waals surface area contributed by atoms with Crippen molar-refractivity contribution in [3.05, 3.63) is 35.9 Å². The molecule has 1 aliphatic rings. The Morgan fingerprint density at radius 3 is 2.35 bits per heavy atom. The van der Waals surface area contributed by atoms with Gasteiger partial charge in [-0.05, 0) is 37.2 Å². The van der Waals surface area contributed by atoms with Crippen LogP contribution in [0.5, 0.6) is 0 Å². The van der Waals surface area contributed by atoms with Crippen molar-refractivity contribution in [2.45, 2.75) is 76.7 Å². The third-order valence-electron chi connectivity index (χ3n) is 6.35. The Bertz CT molecular complexity index is 795. The van der Waals surface area contributed by atoms with Gasteiger partial charge < -0.3 is 15.7 Å². The Morgan fingerprint density at radius 2 is 1.71 bits per heavy atom. The van der Waals surface area contributed by atoms with E-state index < -0.39 is 35.7 Å². The lowest BCUT2D eigenvalue weighted by molar-refractivity contribution is -0.137. The van der Waals surface area contributed by atoms with Crippen molar-refractivity contribution < 1.29 is 29.5 Å². The number of aliphatic carboxylic acids is 1. The fraction of sp³-hybridized carbons (Fsp3) is 0.600. The van der Waals surface area contributed by atoms with Crippen LogP contribution in [0.15, 0.2) is 30.3 Å². The van der Waals surface area contributed by atoms with E-state index in [2.05, 4.69) is 10.6 Å². The van der Waals surface area contributed by atoms with E-state index in [9.17, 15) is 19.2 Å². The van der Waals surface area contributed by atoms with Crippen LogP contribution in [0.2, 0.25) is 0 Å². The zero-order valence-corrected chi connectivity index (χ0v) is 19.6. The van der Waals surface area contributed by atoms with Crippen LogP contribution in [0.1, 0.15) is 69.8 Å². The molecular formula is C25H37N3O6. The third-order valence-corrected chi connectivity index (χ3v) is 6.35. The van der Waals surface area contributed by atoms with E-state index in [1.165, 1.54) is 0 Å². The van der Waals surface area contributed by atoms with Crippen LogP contribution in [-0.2, 0) is 25.6 Å². The lowest BCUT2D eigenvalue weighted by Crippen LogP contribution is -2.50. The minimum atomic E-state index is -1.01. The number of carboxylic acids is 1. The highest BCUT2D eigenvalue weighted by atomic mass is 16.5. The number of benzene rings is 1. The molecule has 188 valence electrons. The molecule has 0 spiro atoms. The normalized spacial score (nSPS) is 15.7. The van der Waals surface area contributed by atoms with Gasteiger partial charge in [-0.15, -0.1) is 0 Å². The van der Waals surface area contributed by atoms with E-state index in [4.69, 9.17) is 10.3 Å². The molecule has 0 radical (unpaired) electrons. The number of amides is 3. The fourth-order valence-corrected chi connectivity index (χ4v) is 4.49. The van der Waals surface area contributed by atoms with Gasteiger partial charge in [0.15, 0.2) is 0 Å². The van der Waals surface area contributed by atoms with Crippen LogP contribution in [0.25, 0.3) is 0 Å². The molecule has 5 N–H and O–H groups in total. The first-order valence-corrected chi connectivity index (χ1v) is 12.2. The highest BCUT2D eigenvalue weighted by Crippen LogP contribution is 2.27. The van der Waals surface area contributed by atoms with Gasteiger partial charge in [-0.1, -0.05) is 62.4 Å². The fourth-order valence-electron chi connectivity index (χ4n) is 4.49. The summed E-state index contributed by atoms with van der Waals surface area (Å²) in [5, 5.41) is 23.2. The first-order valence-electron chi connectivity index (χ1n) is 12.2. The summed E-state index contributed by atoms with van der Waals surface area (Å²) in [5.41, 5.74) is 2.71. The van der Waals surface area contributed by atoms with Gasteiger partial charge in [0.2, 0.25) is 17.7 Å². The van der Waals surface area contributed by atoms with Crippen molar-refractivity contribution in [1.29, 1.82) is 0 Å². The van der Waals surface area contributed by atoms with E-state index in [1.807, 2.05) is 30.3 Å². The van der Waals surface area contributed by atoms with Crippen molar-refractivity contribution in [2.75, 3.05) is 6.54 Å². The average Bonchev–Trinajstić information content (AvgIpc) is 2.83. The molecule has 2 atom stereocenters. The van der Waals surface area contributed by atoms with E-state index in [0.717, 1.165) is 44.1 Å². The molecule has 0 bridgehead atoms. The third kappa shape index (κ3) is 10.3. The number of hydroxylamine groups is 1. The van der Waals surface area contributed by atoms with Gasteiger partial charge in [0.25, 0.3) is 0 Å². The molecule has 3 amide bonds. The number of nitrogens with one attached hydrogen (secondary N) is 3. The monoisotopic (exact) mass is 475 g/mol. The van der Waals surface area contributed by atoms with Gasteiger partial charge in [0.1, 0.15) is 6.04 Å². The molecule has 1 aromatic rings. The number of aryl methyl sites for hydroxylation is 1. The average molecular weight is 476 g/mol. The minimum Gasteiger partial charge on any atom is -0.481 e. The van der Waals surface area contributed by atoms with E-state index in [0.29, 0.717) is 25.2 Å². The van der Waals surface area contributed by atoms with Gasteiger partial charge in [-0.25, -0.2) is 5.48 Å². The molecule has 9 nitrogen and oxygen atoms in total. The lowest BCUT2D eigenvalue weighted by atomic mass is 9.84. The number of rotatable bonds is 14. The van der Waals surface area contributed by atoms with E-state index in [-0.39, 0.29) is 19.4 Å². The maximum absolute atomic E-state index is 13.1. The summed E-state index contributed by atoms with van der Waals surface area (Å²) in [5.74, 6) is -2.88. The Labute approximate surface area is 200 Å². The Kier molecular flexibility index (Phi) is 12.1. The van der Waals surface area contributed by atoms with Crippen molar-refractivity contribution in [2.24, 2.45) is 11.8 Å². The van der Waals surface area contributed by atoms with Crippen LogP contribution >= 0.6 is 0 Å². The smallest absolute Gasteiger partial charge is 0.305 e. The lowest BCUT2D eigenvalue weighted by Gasteiger charge is -2.28. The topological polar surface area (TPSA) is 145 Å². The molecule has 1 saturated carbocycles. The first kappa shape index (κ1) is 27.3. The quantitative estimate of drug-likeness (QED) is 0.207. The number of carbonyl (C=O) groups excluding carboxylic acids is 3. The zero-order chi connectivity index (χ0) is 24.8. The molecule has 2 rings (SSSR count). The molecular weight excluding hydrogens is 438 g/mol. The molecule has 1 fully saturated rings. The predicted molar refractivity (Wildman–Crippen MR) is 126 cm³/mol. The second kappa shape index (κ2) is 15.1. The summed E-state index contributed by atoms with van der Waals surface area (Å²) < 4.78 is 0. The molecule has 1 aliphatic carbocycles. The molecule has 0 saturated heterocycles. The Balaban J connectivity index is 2.02. The van der Waals surface area contributed by atoms with Crippen LogP contribution < -0.4 is 16.1 Å². The maximum Gasteiger partial charge on any atom is 0.305 e. The number of hydrogen-bond acceptors (Lipinski definition) is 5. The molecule has 0 unspecified atom stereocenters. The summed E-state index contributed by atoms with van der Waals surface area (Å²) in [6.07, 6.45) is 7.24. The number of carbonyl (C=O) groups is 4. The zero-order valence-electron chi connectivity index (χ0n) is 19.6. The second-order valence-electron chi connectivity index (χ2n) is 9.05. The van der Waals surface area contributed by atoms with Gasteiger partial charge in [-0.3, -0.25) is 24.4 Å². The van der Waals surface area contributed by atoms with Crippen molar-refractivity contribution in [3.8, 4) is 0 Å². The van der Waals surface area contributed by atoms with E-state index in [1.54, 1.807) is 5.48 Å². The van der Waals surface area contributed by atoms with Crippen molar-refractivity contribution >= 4 is 23.7 Å². The highest BCUT2D eigenvalue weighted by Gasteiger charge is 2.29. The summed E-state index contributed by atoms with van der Waals surface area (Å²) >= 11 is 0. The van der Waals surface area contributed by atoms with Gasteiger partial charge in [0.05, 0.1) is 6.42 Å². The summed E-state index contributed by atoms with van der Waals surface area (Å²) in [6.45, 7) is -0.0153. The van der Waals surface area contributed by atoms with E-state index >= 15 is 0 Å². The minimum absolute atomic E-state index is 0.0153. The molecule has 1 aromatic carbocycles. The first-order chi connectivity index (χ1) is 16.4. The van der Waals surface area contributed by atoms with Crippen LogP contribution in [0.4, 0.5) is 0 Å². The summed E-state index contributed by atoms with van der Waals surface area (Å²) in [6, 6.07) is 9.01. The molecule has 34 heavy (non-hydrogen) atoms. The summed E-state index contributed by atoms with van der Waals surface area (Å²) in [7, 11) is 0. The van der Waals surface area contributed by atoms with Gasteiger partial charge in [-0.2, -0.15) is 0 Å². The molecule has 0 aromatic heterocycles. The van der Waals surface area contributed by atoms with Gasteiger partial charge in [0, 0.05) is 18.9 Å². The second-order valence-corrected chi connectivity index (χ2v) is 9.05. The number of hydrogen-bond donors (Lipinski definition) is 5. The molecule has 9 heteroatoms. The summed E-state index contributed by atoms with van der Waals surface area (Å²) in [4.78, 5) is 48.5. The number of carboxylic acid groups (broad SMARTS) is 1. The van der Waals surface area contributed by atoms with Crippen molar-refractivity contribution in [3.63, 3.8) is 0 Å². The Hall–Kier alpha value is -2.94. The van der Waals surface area contributed by atoms with Gasteiger partial charge >= 0.3 is 5.97 Å². The van der Waals surface area contributed by atoms with Crippen molar-refractivity contribution in [1.82, 2.24) is 16.1 Å². The van der Waals surface area contributed by atoms with Crippen LogP contribution in [0, 0.1) is 11.8 Å². The largest absolute Gasteiger partial charge is 0.481 e. The molecule has 0 heterocycles. The Morgan fingerprint density at radius 1 is 1.00 bits per heavy atom. The van der Waals surface area contributed by atoms with Crippen LogP contribution in [-0.4, -0.2) is 46.6 Å². The maximum atomic E-state index is 13.1. The highest BCUT2D eigenvalue weighted by molar-refractivity contribution is 5.90. The molecule has 0 aliphatic heterocycles. The SMILES string of the molecule is O=C(O)CCNC(=O)[C@H](CC1CCCCC1)NC(=O)[C@H](CCCc1ccccc1)CC(=O)NO. The van der Waals surface area contributed by atoms with Crippen LogP contribution in [0.3, 0.4) is 0 Å².